The van der Waals surface area contributed by atoms with Crippen LogP contribution in [0.5, 0.6) is 0 Å². The van der Waals surface area contributed by atoms with E-state index >= 15 is 0 Å². The molecule has 3 nitrogen and oxygen atoms in total. The lowest BCUT2D eigenvalue weighted by Crippen LogP contribution is -2.30. The van der Waals surface area contributed by atoms with Gasteiger partial charge in [0.15, 0.2) is 5.13 Å². The Kier molecular flexibility index (Phi) is 6.02. The summed E-state index contributed by atoms with van der Waals surface area (Å²) in [6.07, 6.45) is -4.53. The number of alkyl halides is 3. The van der Waals surface area contributed by atoms with Crippen LogP contribution in [0.25, 0.3) is 10.2 Å². The van der Waals surface area contributed by atoms with Gasteiger partial charge in [-0.25, -0.2) is 4.98 Å². The molecular weight excluding hydrogens is 433 g/mol. The molecule has 0 spiro atoms. The summed E-state index contributed by atoms with van der Waals surface area (Å²) in [4.78, 5) is 19.7. The number of nitrogens with zero attached hydrogens (tertiary/aromatic N) is 2. The van der Waals surface area contributed by atoms with Crippen molar-refractivity contribution in [3.63, 3.8) is 0 Å². The number of hydrogen-bond acceptors (Lipinski definition) is 3. The van der Waals surface area contributed by atoms with Crippen LogP contribution in [-0.4, -0.2) is 10.9 Å². The van der Waals surface area contributed by atoms with Crippen LogP contribution in [0.4, 0.5) is 18.3 Å². The second-order valence-corrected chi connectivity index (χ2v) is 8.81. The molecule has 0 N–H and O–H groups in total. The quantitative estimate of drug-likeness (QED) is 0.317. The minimum atomic E-state index is -4.53. The molecule has 0 fully saturated rings. The summed E-state index contributed by atoms with van der Waals surface area (Å²) in [5.74, 6) is -0.277. The average Bonchev–Trinajstić information content (AvgIpc) is 3.21. The lowest BCUT2D eigenvalue weighted by Gasteiger charge is -2.21. The number of amides is 1. The Bertz CT molecular complexity index is 1250. The Morgan fingerprint density at radius 1 is 1.00 bits per heavy atom. The fraction of sp³-hybridized carbons (Fsp3) is 0.200. The van der Waals surface area contributed by atoms with Crippen molar-refractivity contribution in [3.05, 3.63) is 95.1 Å². The predicted molar refractivity (Wildman–Crippen MR) is 122 cm³/mol. The molecule has 1 aromatic heterocycles. The van der Waals surface area contributed by atoms with Crippen molar-refractivity contribution in [3.8, 4) is 0 Å². The zero-order chi connectivity index (χ0) is 22.9. The van der Waals surface area contributed by atoms with Gasteiger partial charge in [0, 0.05) is 5.56 Å². The van der Waals surface area contributed by atoms with Gasteiger partial charge in [0.2, 0.25) is 0 Å². The number of carbonyl (C=O) groups is 1. The summed E-state index contributed by atoms with van der Waals surface area (Å²) in [6.45, 7) is 4.35. The first-order valence-electron chi connectivity index (χ1n) is 10.2. The molecule has 0 atom stereocenters. The van der Waals surface area contributed by atoms with Crippen molar-refractivity contribution in [2.24, 2.45) is 0 Å². The number of fused-ring (bicyclic) bond motifs is 1. The molecule has 164 valence electrons. The first kappa shape index (κ1) is 22.0. The van der Waals surface area contributed by atoms with Crippen molar-refractivity contribution >= 4 is 32.6 Å². The highest BCUT2D eigenvalue weighted by molar-refractivity contribution is 7.22. The van der Waals surface area contributed by atoms with Crippen molar-refractivity contribution in [1.82, 2.24) is 4.98 Å². The van der Waals surface area contributed by atoms with E-state index in [1.165, 1.54) is 28.4 Å². The van der Waals surface area contributed by atoms with E-state index in [-0.39, 0.29) is 18.0 Å². The molecule has 0 aliphatic carbocycles. The normalized spacial score (nSPS) is 11.8. The van der Waals surface area contributed by atoms with Gasteiger partial charge in [0.05, 0.1) is 22.3 Å². The molecule has 7 heteroatoms. The van der Waals surface area contributed by atoms with Gasteiger partial charge in [-0.3, -0.25) is 9.69 Å². The van der Waals surface area contributed by atoms with Gasteiger partial charge in [-0.15, -0.1) is 0 Å². The summed E-state index contributed by atoms with van der Waals surface area (Å²) >= 11 is 1.36. The number of halogens is 3. The van der Waals surface area contributed by atoms with E-state index in [9.17, 15) is 18.0 Å². The molecule has 0 aliphatic rings. The Labute approximate surface area is 188 Å². The zero-order valence-corrected chi connectivity index (χ0v) is 18.4. The molecule has 1 amide bonds. The van der Waals surface area contributed by atoms with E-state index in [2.05, 4.69) is 13.8 Å². The Hall–Kier alpha value is -3.19. The number of benzene rings is 3. The third-order valence-electron chi connectivity index (χ3n) is 5.16. The first-order valence-corrected chi connectivity index (χ1v) is 11.0. The standard InChI is InChI=1S/C25H21F3N2OS/c1-16(2)20-12-7-13-21-22(20)29-24(32-21)30(15-17-8-4-3-5-9-17)23(31)18-10-6-11-19(14-18)25(26,27)28/h3-14,16H,15H2,1-2H3. The average molecular weight is 455 g/mol. The number of aromatic nitrogens is 1. The third kappa shape index (κ3) is 4.53. The smallest absolute Gasteiger partial charge is 0.279 e. The molecule has 0 radical (unpaired) electrons. The molecule has 0 saturated carbocycles. The minimum Gasteiger partial charge on any atom is -0.279 e. The predicted octanol–water partition coefficient (Wildman–Crippen LogP) is 7.29. The molecule has 0 unspecified atom stereocenters. The van der Waals surface area contributed by atoms with Crippen LogP contribution in [0.15, 0.2) is 72.8 Å². The maximum atomic E-state index is 13.4. The number of hydrogen-bond donors (Lipinski definition) is 0. The Morgan fingerprint density at radius 2 is 1.72 bits per heavy atom. The molecule has 4 rings (SSSR count). The highest BCUT2D eigenvalue weighted by Gasteiger charge is 2.32. The SMILES string of the molecule is CC(C)c1cccc2sc(N(Cc3ccccc3)C(=O)c3cccc(C(F)(F)F)c3)nc12. The van der Waals surface area contributed by atoms with Crippen molar-refractivity contribution < 1.29 is 18.0 Å². The Balaban J connectivity index is 1.80. The van der Waals surface area contributed by atoms with E-state index in [0.717, 1.165) is 33.5 Å². The molecule has 1 heterocycles. The second kappa shape index (κ2) is 8.74. The van der Waals surface area contributed by atoms with E-state index in [0.29, 0.717) is 5.13 Å². The molecule has 0 aliphatic heterocycles. The Morgan fingerprint density at radius 3 is 2.41 bits per heavy atom. The fourth-order valence-electron chi connectivity index (χ4n) is 3.52. The van der Waals surface area contributed by atoms with Gasteiger partial charge in [-0.2, -0.15) is 13.2 Å². The maximum absolute atomic E-state index is 13.4. The molecule has 0 bridgehead atoms. The van der Waals surface area contributed by atoms with Gasteiger partial charge in [0.25, 0.3) is 5.91 Å². The van der Waals surface area contributed by atoms with Crippen LogP contribution in [0, 0.1) is 0 Å². The number of thiazole rings is 1. The van der Waals surface area contributed by atoms with Crippen LogP contribution in [0.3, 0.4) is 0 Å². The summed E-state index contributed by atoms with van der Waals surface area (Å²) in [5.41, 5.74) is 1.86. The minimum absolute atomic E-state index is 0.0286. The first-order chi connectivity index (χ1) is 15.2. The fourth-order valence-corrected chi connectivity index (χ4v) is 4.51. The van der Waals surface area contributed by atoms with E-state index in [1.54, 1.807) is 0 Å². The third-order valence-corrected chi connectivity index (χ3v) is 6.20. The van der Waals surface area contributed by atoms with Gasteiger partial charge >= 0.3 is 6.18 Å². The number of rotatable bonds is 5. The highest BCUT2D eigenvalue weighted by atomic mass is 32.1. The topological polar surface area (TPSA) is 33.2 Å². The van der Waals surface area contributed by atoms with Crippen molar-refractivity contribution in [1.29, 1.82) is 0 Å². The monoisotopic (exact) mass is 454 g/mol. The number of anilines is 1. The molecular formula is C25H21F3N2OS. The van der Waals surface area contributed by atoms with Crippen molar-refractivity contribution in [2.75, 3.05) is 4.90 Å². The lowest BCUT2D eigenvalue weighted by molar-refractivity contribution is -0.137. The molecule has 0 saturated heterocycles. The van der Waals surface area contributed by atoms with Crippen molar-refractivity contribution in [2.45, 2.75) is 32.5 Å². The lowest BCUT2D eigenvalue weighted by atomic mass is 10.0. The molecule has 32 heavy (non-hydrogen) atoms. The van der Waals surface area contributed by atoms with Crippen LogP contribution in [0.1, 0.15) is 46.8 Å². The summed E-state index contributed by atoms with van der Waals surface area (Å²) in [6, 6.07) is 19.8. The summed E-state index contributed by atoms with van der Waals surface area (Å²) in [5, 5.41) is 0.458. The van der Waals surface area contributed by atoms with Crippen LogP contribution in [0.2, 0.25) is 0 Å². The van der Waals surface area contributed by atoms with Crippen LogP contribution >= 0.6 is 11.3 Å². The number of para-hydroxylation sites is 1. The van der Waals surface area contributed by atoms with E-state index in [4.69, 9.17) is 4.98 Å². The summed E-state index contributed by atoms with van der Waals surface area (Å²) in [7, 11) is 0. The van der Waals surface area contributed by atoms with Crippen LogP contribution in [-0.2, 0) is 12.7 Å². The number of carbonyl (C=O) groups excluding carboxylic acids is 1. The van der Waals surface area contributed by atoms with E-state index in [1.807, 2.05) is 48.5 Å². The van der Waals surface area contributed by atoms with Gasteiger partial charge < -0.3 is 0 Å². The maximum Gasteiger partial charge on any atom is 0.416 e. The van der Waals surface area contributed by atoms with Crippen LogP contribution < -0.4 is 4.90 Å². The molecule has 4 aromatic rings. The molecule has 3 aromatic carbocycles. The zero-order valence-electron chi connectivity index (χ0n) is 17.6. The van der Waals surface area contributed by atoms with Gasteiger partial charge in [0.1, 0.15) is 0 Å². The van der Waals surface area contributed by atoms with Gasteiger partial charge in [-0.05, 0) is 41.3 Å². The van der Waals surface area contributed by atoms with E-state index < -0.39 is 17.6 Å². The van der Waals surface area contributed by atoms with Gasteiger partial charge in [-0.1, -0.05) is 73.7 Å². The second-order valence-electron chi connectivity index (χ2n) is 7.80. The highest BCUT2D eigenvalue weighted by Crippen LogP contribution is 2.35. The largest absolute Gasteiger partial charge is 0.416 e. The summed E-state index contributed by atoms with van der Waals surface area (Å²) < 4.78 is 40.6.